The molecule has 2 N–H and O–H groups in total. The molecule has 0 bridgehead atoms. The van der Waals surface area contributed by atoms with E-state index in [2.05, 4.69) is 26.9 Å². The van der Waals surface area contributed by atoms with Gasteiger partial charge in [0.1, 0.15) is 5.82 Å². The highest BCUT2D eigenvalue weighted by molar-refractivity contribution is 7.99. The van der Waals surface area contributed by atoms with E-state index in [0.717, 1.165) is 17.0 Å². The molecule has 3 heterocycles. The number of nitrogens with zero attached hydrogens (tertiary/aromatic N) is 3. The zero-order valence-corrected chi connectivity index (χ0v) is 10.5. The van der Waals surface area contributed by atoms with E-state index in [1.54, 1.807) is 0 Å². The smallest absolute Gasteiger partial charge is 0.161 e. The molecule has 1 aliphatic heterocycles. The van der Waals surface area contributed by atoms with Crippen LogP contribution in [-0.2, 0) is 6.54 Å². The van der Waals surface area contributed by atoms with Crippen molar-refractivity contribution in [3.05, 3.63) is 29.7 Å². The number of hydrogen-bond acceptors (Lipinski definition) is 4. The third-order valence-corrected chi connectivity index (χ3v) is 4.37. The zero-order chi connectivity index (χ0) is 11.7. The molecule has 0 aliphatic carbocycles. The number of nitrogens with two attached hydrogens (primary N) is 1. The van der Waals surface area contributed by atoms with E-state index in [1.807, 2.05) is 17.8 Å². The van der Waals surface area contributed by atoms with Gasteiger partial charge in [0.15, 0.2) is 5.65 Å². The average molecular weight is 248 g/mol. The fourth-order valence-electron chi connectivity index (χ4n) is 2.31. The van der Waals surface area contributed by atoms with E-state index < -0.39 is 0 Å². The van der Waals surface area contributed by atoms with Gasteiger partial charge in [0, 0.05) is 18.7 Å². The van der Waals surface area contributed by atoms with Crippen molar-refractivity contribution in [1.82, 2.24) is 14.6 Å². The van der Waals surface area contributed by atoms with E-state index in [1.165, 1.54) is 24.3 Å². The Labute approximate surface area is 105 Å². The average Bonchev–Trinajstić information content (AvgIpc) is 2.82. The summed E-state index contributed by atoms with van der Waals surface area (Å²) in [5.41, 5.74) is 7.66. The predicted octanol–water partition coefficient (Wildman–Crippen LogP) is 1.80. The Morgan fingerprint density at radius 3 is 2.94 bits per heavy atom. The van der Waals surface area contributed by atoms with E-state index in [0.29, 0.717) is 12.5 Å². The minimum absolute atomic E-state index is 0.554. The SMILES string of the molecule is NCc1ccn2c(C3CCSCC3)nnc2c1. The maximum absolute atomic E-state index is 5.63. The summed E-state index contributed by atoms with van der Waals surface area (Å²) in [6, 6.07) is 4.07. The second-order valence-electron chi connectivity index (χ2n) is 4.41. The van der Waals surface area contributed by atoms with Gasteiger partial charge in [-0.2, -0.15) is 11.8 Å². The summed E-state index contributed by atoms with van der Waals surface area (Å²) in [5, 5.41) is 8.61. The highest BCUT2D eigenvalue weighted by Crippen LogP contribution is 2.30. The summed E-state index contributed by atoms with van der Waals surface area (Å²) >= 11 is 2.03. The highest BCUT2D eigenvalue weighted by atomic mass is 32.2. The molecule has 0 aromatic carbocycles. The Morgan fingerprint density at radius 1 is 1.35 bits per heavy atom. The third kappa shape index (κ3) is 2.05. The second kappa shape index (κ2) is 4.66. The van der Waals surface area contributed by atoms with Gasteiger partial charge in [-0.1, -0.05) is 0 Å². The van der Waals surface area contributed by atoms with Gasteiger partial charge in [-0.05, 0) is 42.0 Å². The molecule has 0 atom stereocenters. The Balaban J connectivity index is 1.99. The first-order chi connectivity index (χ1) is 8.38. The van der Waals surface area contributed by atoms with Crippen molar-refractivity contribution in [2.45, 2.75) is 25.3 Å². The van der Waals surface area contributed by atoms with Crippen molar-refractivity contribution >= 4 is 17.4 Å². The van der Waals surface area contributed by atoms with Gasteiger partial charge in [-0.3, -0.25) is 4.40 Å². The van der Waals surface area contributed by atoms with Crippen molar-refractivity contribution in [2.75, 3.05) is 11.5 Å². The summed E-state index contributed by atoms with van der Waals surface area (Å²) in [6.45, 7) is 0.554. The van der Waals surface area contributed by atoms with Crippen molar-refractivity contribution < 1.29 is 0 Å². The monoisotopic (exact) mass is 248 g/mol. The molecular weight excluding hydrogens is 232 g/mol. The summed E-state index contributed by atoms with van der Waals surface area (Å²) in [5.74, 6) is 4.15. The first-order valence-electron chi connectivity index (χ1n) is 6.00. The summed E-state index contributed by atoms with van der Waals surface area (Å²) in [7, 11) is 0. The topological polar surface area (TPSA) is 56.2 Å². The van der Waals surface area contributed by atoms with Crippen LogP contribution in [0.1, 0.15) is 30.1 Å². The molecule has 1 aliphatic rings. The molecule has 17 heavy (non-hydrogen) atoms. The fourth-order valence-corrected chi connectivity index (χ4v) is 3.42. The van der Waals surface area contributed by atoms with Crippen molar-refractivity contribution in [3.8, 4) is 0 Å². The lowest BCUT2D eigenvalue weighted by Gasteiger charge is -2.19. The van der Waals surface area contributed by atoms with E-state index >= 15 is 0 Å². The van der Waals surface area contributed by atoms with Crippen LogP contribution >= 0.6 is 11.8 Å². The van der Waals surface area contributed by atoms with Crippen LogP contribution in [-0.4, -0.2) is 26.1 Å². The molecule has 1 saturated heterocycles. The van der Waals surface area contributed by atoms with Crippen LogP contribution in [0, 0.1) is 0 Å². The van der Waals surface area contributed by atoms with Crippen molar-refractivity contribution in [3.63, 3.8) is 0 Å². The van der Waals surface area contributed by atoms with Crippen molar-refractivity contribution in [2.24, 2.45) is 5.73 Å². The Morgan fingerprint density at radius 2 is 2.18 bits per heavy atom. The zero-order valence-electron chi connectivity index (χ0n) is 9.67. The van der Waals surface area contributed by atoms with Gasteiger partial charge >= 0.3 is 0 Å². The van der Waals surface area contributed by atoms with Crippen LogP contribution in [0.2, 0.25) is 0 Å². The van der Waals surface area contributed by atoms with Gasteiger partial charge in [0.05, 0.1) is 0 Å². The minimum atomic E-state index is 0.554. The quantitative estimate of drug-likeness (QED) is 0.880. The van der Waals surface area contributed by atoms with Crippen LogP contribution in [0.15, 0.2) is 18.3 Å². The molecule has 5 heteroatoms. The Kier molecular flexibility index (Phi) is 3.03. The number of rotatable bonds is 2. The highest BCUT2D eigenvalue weighted by Gasteiger charge is 2.20. The number of fused-ring (bicyclic) bond motifs is 1. The summed E-state index contributed by atoms with van der Waals surface area (Å²) < 4.78 is 2.11. The molecule has 90 valence electrons. The predicted molar refractivity (Wildman–Crippen MR) is 70.2 cm³/mol. The molecular formula is C12H16N4S. The first-order valence-corrected chi connectivity index (χ1v) is 7.15. The van der Waals surface area contributed by atoms with Gasteiger partial charge in [-0.25, -0.2) is 0 Å². The molecule has 0 saturated carbocycles. The number of hydrogen-bond donors (Lipinski definition) is 1. The van der Waals surface area contributed by atoms with Gasteiger partial charge in [-0.15, -0.1) is 10.2 Å². The molecule has 0 spiro atoms. The molecule has 2 aromatic rings. The molecule has 0 radical (unpaired) electrons. The normalized spacial score (nSPS) is 17.7. The molecule has 1 fully saturated rings. The number of pyridine rings is 1. The Hall–Kier alpha value is -1.07. The second-order valence-corrected chi connectivity index (χ2v) is 5.64. The van der Waals surface area contributed by atoms with Gasteiger partial charge in [0.2, 0.25) is 0 Å². The molecule has 4 nitrogen and oxygen atoms in total. The third-order valence-electron chi connectivity index (χ3n) is 3.32. The minimum Gasteiger partial charge on any atom is -0.326 e. The lowest BCUT2D eigenvalue weighted by molar-refractivity contribution is 0.592. The summed E-state index contributed by atoms with van der Waals surface area (Å²) in [6.07, 6.45) is 4.48. The largest absolute Gasteiger partial charge is 0.326 e. The summed E-state index contributed by atoms with van der Waals surface area (Å²) in [4.78, 5) is 0. The van der Waals surface area contributed by atoms with E-state index in [4.69, 9.17) is 5.73 Å². The van der Waals surface area contributed by atoms with E-state index in [9.17, 15) is 0 Å². The molecule has 0 unspecified atom stereocenters. The number of aromatic nitrogens is 3. The van der Waals surface area contributed by atoms with Crippen LogP contribution in [0.3, 0.4) is 0 Å². The van der Waals surface area contributed by atoms with Crippen LogP contribution in [0.25, 0.3) is 5.65 Å². The molecule has 3 rings (SSSR count). The Bertz CT molecular complexity index is 516. The van der Waals surface area contributed by atoms with Crippen LogP contribution in [0.4, 0.5) is 0 Å². The maximum Gasteiger partial charge on any atom is 0.161 e. The van der Waals surface area contributed by atoms with E-state index in [-0.39, 0.29) is 0 Å². The van der Waals surface area contributed by atoms with Crippen LogP contribution in [0.5, 0.6) is 0 Å². The van der Waals surface area contributed by atoms with Gasteiger partial charge < -0.3 is 5.73 Å². The lowest BCUT2D eigenvalue weighted by atomic mass is 10.0. The standard InChI is InChI=1S/C12H16N4S/c13-8-9-1-4-16-11(7-9)14-15-12(16)10-2-5-17-6-3-10/h1,4,7,10H,2-3,5-6,8,13H2. The molecule has 0 amide bonds. The van der Waals surface area contributed by atoms with Crippen molar-refractivity contribution in [1.29, 1.82) is 0 Å². The fraction of sp³-hybridized carbons (Fsp3) is 0.500. The lowest BCUT2D eigenvalue weighted by Crippen LogP contribution is -2.11. The maximum atomic E-state index is 5.63. The van der Waals surface area contributed by atoms with Crippen LogP contribution < -0.4 is 5.73 Å². The number of thioether (sulfide) groups is 1. The molecule has 2 aromatic heterocycles. The van der Waals surface area contributed by atoms with Gasteiger partial charge in [0.25, 0.3) is 0 Å². The first kappa shape index (κ1) is 11.0.